The molecule has 3 nitrogen and oxygen atoms in total. The molecule has 2 aromatic heterocycles. The molecule has 0 bridgehead atoms. The van der Waals surface area contributed by atoms with E-state index in [2.05, 4.69) is 32.7 Å². The second kappa shape index (κ2) is 3.70. The van der Waals surface area contributed by atoms with Crippen molar-refractivity contribution in [2.75, 3.05) is 0 Å². The Kier molecular flexibility index (Phi) is 2.18. The average Bonchev–Trinajstić information content (AvgIpc) is 2.65. The predicted octanol–water partition coefficient (Wildman–Crippen LogP) is 3.04. The summed E-state index contributed by atoms with van der Waals surface area (Å²) in [5.41, 5.74) is 4.10. The average molecular weight is 223 g/mol. The van der Waals surface area contributed by atoms with Crippen molar-refractivity contribution in [1.29, 1.82) is 0 Å². The maximum Gasteiger partial charge on any atom is 0.164 e. The molecule has 0 fully saturated rings. The number of imidazole rings is 1. The molecular weight excluding hydrogens is 210 g/mol. The molecule has 0 spiro atoms. The number of nitrogens with zero attached hydrogens (tertiary/aromatic N) is 3. The van der Waals surface area contributed by atoms with Crippen molar-refractivity contribution in [3.05, 3.63) is 54.0 Å². The Hall–Kier alpha value is -2.16. The van der Waals surface area contributed by atoms with Crippen LogP contribution in [0, 0.1) is 13.8 Å². The van der Waals surface area contributed by atoms with Crippen molar-refractivity contribution in [1.82, 2.24) is 14.5 Å². The second-order valence-electron chi connectivity index (χ2n) is 4.19. The summed E-state index contributed by atoms with van der Waals surface area (Å²) in [5, 5.41) is 0. The molecule has 0 aliphatic rings. The molecule has 0 saturated heterocycles. The summed E-state index contributed by atoms with van der Waals surface area (Å²) in [5.74, 6) is 0.962. The minimum Gasteiger partial charge on any atom is -0.281 e. The van der Waals surface area contributed by atoms with Crippen LogP contribution in [0.4, 0.5) is 0 Å². The fourth-order valence-electron chi connectivity index (χ4n) is 2.06. The van der Waals surface area contributed by atoms with Crippen LogP contribution in [0.1, 0.15) is 11.4 Å². The highest BCUT2D eigenvalue weighted by Gasteiger charge is 2.09. The lowest BCUT2D eigenvalue weighted by Gasteiger charge is -2.05. The number of benzene rings is 1. The van der Waals surface area contributed by atoms with E-state index in [9.17, 15) is 0 Å². The van der Waals surface area contributed by atoms with Gasteiger partial charge in [0.15, 0.2) is 5.65 Å². The highest BCUT2D eigenvalue weighted by atomic mass is 15.1. The van der Waals surface area contributed by atoms with Gasteiger partial charge in [-0.05, 0) is 37.6 Å². The first-order chi connectivity index (χ1) is 8.25. The Morgan fingerprint density at radius 2 is 1.82 bits per heavy atom. The summed E-state index contributed by atoms with van der Waals surface area (Å²) in [6.07, 6.45) is 1.88. The molecule has 3 heteroatoms. The summed E-state index contributed by atoms with van der Waals surface area (Å²) in [6.45, 7) is 4.04. The molecule has 0 amide bonds. The summed E-state index contributed by atoms with van der Waals surface area (Å²) >= 11 is 0. The number of hydrogen-bond donors (Lipinski definition) is 0. The SMILES string of the molecule is Cc1cnc2c(c1)nc(C)n2-c1ccccc1. The summed E-state index contributed by atoms with van der Waals surface area (Å²) in [7, 11) is 0. The number of aryl methyl sites for hydroxylation is 2. The van der Waals surface area contributed by atoms with Crippen molar-refractivity contribution in [3.63, 3.8) is 0 Å². The van der Waals surface area contributed by atoms with E-state index in [1.807, 2.05) is 38.2 Å². The topological polar surface area (TPSA) is 30.7 Å². The lowest BCUT2D eigenvalue weighted by molar-refractivity contribution is 0.987. The molecule has 0 aliphatic carbocycles. The lowest BCUT2D eigenvalue weighted by Crippen LogP contribution is -1.97. The van der Waals surface area contributed by atoms with Gasteiger partial charge in [0.2, 0.25) is 0 Å². The molecule has 0 unspecified atom stereocenters. The van der Waals surface area contributed by atoms with Gasteiger partial charge in [0.25, 0.3) is 0 Å². The fraction of sp³-hybridized carbons (Fsp3) is 0.143. The number of rotatable bonds is 1. The highest BCUT2D eigenvalue weighted by molar-refractivity contribution is 5.74. The van der Waals surface area contributed by atoms with E-state index in [-0.39, 0.29) is 0 Å². The van der Waals surface area contributed by atoms with Gasteiger partial charge in [-0.25, -0.2) is 9.97 Å². The van der Waals surface area contributed by atoms with E-state index in [1.54, 1.807) is 0 Å². The Bertz CT molecular complexity index is 669. The molecule has 0 radical (unpaired) electrons. The Balaban J connectivity index is 2.33. The van der Waals surface area contributed by atoms with Crippen LogP contribution >= 0.6 is 0 Å². The van der Waals surface area contributed by atoms with Gasteiger partial charge in [-0.15, -0.1) is 0 Å². The van der Waals surface area contributed by atoms with E-state index in [4.69, 9.17) is 0 Å². The maximum atomic E-state index is 4.55. The van der Waals surface area contributed by atoms with E-state index < -0.39 is 0 Å². The third kappa shape index (κ3) is 1.60. The molecule has 84 valence electrons. The van der Waals surface area contributed by atoms with Crippen LogP contribution in [-0.2, 0) is 0 Å². The van der Waals surface area contributed by atoms with Crippen LogP contribution in [0.5, 0.6) is 0 Å². The van der Waals surface area contributed by atoms with Crippen LogP contribution in [-0.4, -0.2) is 14.5 Å². The predicted molar refractivity (Wildman–Crippen MR) is 68.3 cm³/mol. The van der Waals surface area contributed by atoms with Crippen molar-refractivity contribution in [2.24, 2.45) is 0 Å². The van der Waals surface area contributed by atoms with Crippen molar-refractivity contribution in [2.45, 2.75) is 13.8 Å². The first kappa shape index (κ1) is 10.0. The zero-order valence-electron chi connectivity index (χ0n) is 9.88. The molecule has 17 heavy (non-hydrogen) atoms. The highest BCUT2D eigenvalue weighted by Crippen LogP contribution is 2.19. The monoisotopic (exact) mass is 223 g/mol. The number of pyridine rings is 1. The maximum absolute atomic E-state index is 4.55. The largest absolute Gasteiger partial charge is 0.281 e. The van der Waals surface area contributed by atoms with E-state index in [0.717, 1.165) is 28.2 Å². The standard InChI is InChI=1S/C14H13N3/c1-10-8-13-14(15-9-10)17(11(2)16-13)12-6-4-3-5-7-12/h3-9H,1-2H3. The molecule has 0 aliphatic heterocycles. The van der Waals surface area contributed by atoms with Crippen LogP contribution in [0.2, 0.25) is 0 Å². The van der Waals surface area contributed by atoms with Gasteiger partial charge in [0, 0.05) is 11.9 Å². The molecule has 3 rings (SSSR count). The van der Waals surface area contributed by atoms with Crippen molar-refractivity contribution in [3.8, 4) is 5.69 Å². The third-order valence-corrected chi connectivity index (χ3v) is 2.82. The number of hydrogen-bond acceptors (Lipinski definition) is 2. The smallest absolute Gasteiger partial charge is 0.164 e. The van der Waals surface area contributed by atoms with Gasteiger partial charge in [-0.1, -0.05) is 18.2 Å². The quantitative estimate of drug-likeness (QED) is 0.634. The summed E-state index contributed by atoms with van der Waals surface area (Å²) < 4.78 is 2.08. The Morgan fingerprint density at radius 1 is 1.06 bits per heavy atom. The Labute approximate surface area is 99.8 Å². The first-order valence-electron chi connectivity index (χ1n) is 5.63. The molecule has 2 heterocycles. The van der Waals surface area contributed by atoms with E-state index in [1.165, 1.54) is 0 Å². The van der Waals surface area contributed by atoms with E-state index in [0.29, 0.717) is 0 Å². The van der Waals surface area contributed by atoms with Crippen LogP contribution < -0.4 is 0 Å². The van der Waals surface area contributed by atoms with Crippen LogP contribution in [0.3, 0.4) is 0 Å². The number of fused-ring (bicyclic) bond motifs is 1. The Morgan fingerprint density at radius 3 is 2.59 bits per heavy atom. The van der Waals surface area contributed by atoms with E-state index >= 15 is 0 Å². The zero-order chi connectivity index (χ0) is 11.8. The molecular formula is C14H13N3. The second-order valence-corrected chi connectivity index (χ2v) is 4.19. The van der Waals surface area contributed by atoms with Gasteiger partial charge >= 0.3 is 0 Å². The fourth-order valence-corrected chi connectivity index (χ4v) is 2.06. The number of para-hydroxylation sites is 1. The molecule has 0 N–H and O–H groups in total. The van der Waals surface area contributed by atoms with Gasteiger partial charge in [-0.2, -0.15) is 0 Å². The molecule has 1 aromatic carbocycles. The minimum absolute atomic E-state index is 0.916. The van der Waals surface area contributed by atoms with Gasteiger partial charge in [0.1, 0.15) is 11.3 Å². The van der Waals surface area contributed by atoms with Gasteiger partial charge in [-0.3, -0.25) is 4.57 Å². The van der Waals surface area contributed by atoms with Gasteiger partial charge in [0.05, 0.1) is 0 Å². The summed E-state index contributed by atoms with van der Waals surface area (Å²) in [6, 6.07) is 12.2. The zero-order valence-corrected chi connectivity index (χ0v) is 9.88. The number of aromatic nitrogens is 3. The third-order valence-electron chi connectivity index (χ3n) is 2.82. The van der Waals surface area contributed by atoms with Crippen LogP contribution in [0.15, 0.2) is 42.6 Å². The molecule has 0 saturated carbocycles. The van der Waals surface area contributed by atoms with Crippen molar-refractivity contribution >= 4 is 11.2 Å². The normalized spacial score (nSPS) is 10.9. The lowest BCUT2D eigenvalue weighted by atomic mass is 10.3. The summed E-state index contributed by atoms with van der Waals surface area (Å²) in [4.78, 5) is 9.03. The van der Waals surface area contributed by atoms with Gasteiger partial charge < -0.3 is 0 Å². The minimum atomic E-state index is 0.916. The van der Waals surface area contributed by atoms with Crippen LogP contribution in [0.25, 0.3) is 16.9 Å². The van der Waals surface area contributed by atoms with Crippen molar-refractivity contribution < 1.29 is 0 Å². The first-order valence-corrected chi connectivity index (χ1v) is 5.63. The molecule has 0 atom stereocenters. The molecule has 3 aromatic rings.